The average molecular weight is 739 g/mol. The van der Waals surface area contributed by atoms with Crippen LogP contribution in [0.2, 0.25) is 0 Å². The van der Waals surface area contributed by atoms with Crippen LogP contribution in [0.15, 0.2) is 231 Å². The molecular weight excluding hydrogens is 701 g/mol. The van der Waals surface area contributed by atoms with Crippen LogP contribution in [-0.4, -0.2) is 4.57 Å². The fourth-order valence-electron chi connectivity index (χ4n) is 8.83. The van der Waals surface area contributed by atoms with Crippen molar-refractivity contribution in [2.24, 2.45) is 0 Å². The second-order valence-corrected chi connectivity index (χ2v) is 15.0. The first kappa shape index (κ1) is 33.6. The number of anilines is 3. The number of benzene rings is 10. The lowest BCUT2D eigenvalue weighted by molar-refractivity contribution is 1.18. The fraction of sp³-hybridized carbons (Fsp3) is 0. The molecule has 10 aromatic carbocycles. The van der Waals surface area contributed by atoms with Gasteiger partial charge in [-0.2, -0.15) is 0 Å². The number of hydrogen-bond donors (Lipinski definition) is 0. The number of hydrogen-bond acceptors (Lipinski definition) is 1. The second kappa shape index (κ2) is 14.1. The van der Waals surface area contributed by atoms with Crippen LogP contribution in [0.4, 0.5) is 17.1 Å². The molecule has 0 aliphatic heterocycles. The normalized spacial score (nSPS) is 11.4. The molecule has 11 aromatic rings. The molecule has 0 N–H and O–H groups in total. The van der Waals surface area contributed by atoms with Gasteiger partial charge in [0, 0.05) is 33.5 Å². The lowest BCUT2D eigenvalue weighted by Crippen LogP contribution is -2.10. The van der Waals surface area contributed by atoms with Crippen LogP contribution >= 0.6 is 0 Å². The number of rotatable bonds is 7. The van der Waals surface area contributed by atoms with Gasteiger partial charge >= 0.3 is 0 Å². The third-order valence-electron chi connectivity index (χ3n) is 11.5. The lowest BCUT2D eigenvalue weighted by atomic mass is 9.95. The molecule has 0 aliphatic carbocycles. The van der Waals surface area contributed by atoms with Gasteiger partial charge in [0.15, 0.2) is 0 Å². The minimum Gasteiger partial charge on any atom is -0.310 e. The van der Waals surface area contributed by atoms with Crippen LogP contribution in [0.1, 0.15) is 0 Å². The summed E-state index contributed by atoms with van der Waals surface area (Å²) in [6.45, 7) is 0. The van der Waals surface area contributed by atoms with Gasteiger partial charge in [-0.25, -0.2) is 0 Å². The summed E-state index contributed by atoms with van der Waals surface area (Å²) in [5.41, 5.74) is 13.9. The summed E-state index contributed by atoms with van der Waals surface area (Å²) in [7, 11) is 0. The lowest BCUT2D eigenvalue weighted by Gasteiger charge is -2.28. The average Bonchev–Trinajstić information content (AvgIpc) is 3.65. The highest BCUT2D eigenvalue weighted by Gasteiger charge is 2.21. The Bertz CT molecular complexity index is 3210. The quantitative estimate of drug-likeness (QED) is 0.158. The van der Waals surface area contributed by atoms with E-state index in [4.69, 9.17) is 0 Å². The van der Waals surface area contributed by atoms with Crippen molar-refractivity contribution in [2.75, 3.05) is 4.90 Å². The van der Waals surface area contributed by atoms with E-state index in [1.807, 2.05) is 0 Å². The van der Waals surface area contributed by atoms with Crippen LogP contribution in [-0.2, 0) is 0 Å². The molecule has 0 bridgehead atoms. The van der Waals surface area contributed by atoms with E-state index < -0.39 is 0 Å². The van der Waals surface area contributed by atoms with E-state index in [2.05, 4.69) is 240 Å². The molecule has 0 amide bonds. The number of para-hydroxylation sites is 1. The summed E-state index contributed by atoms with van der Waals surface area (Å²) in [5.74, 6) is 0. The molecule has 1 heterocycles. The maximum Gasteiger partial charge on any atom is 0.0547 e. The molecule has 0 saturated heterocycles. The predicted molar refractivity (Wildman–Crippen MR) is 247 cm³/mol. The predicted octanol–water partition coefficient (Wildman–Crippen LogP) is 15.6. The van der Waals surface area contributed by atoms with E-state index >= 15 is 0 Å². The molecule has 0 fully saturated rings. The van der Waals surface area contributed by atoms with E-state index in [0.29, 0.717) is 0 Å². The van der Waals surface area contributed by atoms with Gasteiger partial charge in [-0.1, -0.05) is 164 Å². The standard InChI is InChI=1S/C56H38N2/c1-4-16-39(17-5-1)45-34-46(40-18-6-2-7-19-40)38-50(37-45)57(49-32-30-41-20-10-11-22-43(41)35-49)48-26-14-23-44(36-48)52-28-15-29-53-56(52)55-51-27-13-12-21-42(51)31-33-54(55)58(53)47-24-8-3-9-25-47/h1-38H. The minimum absolute atomic E-state index is 1.09. The molecule has 2 heteroatoms. The molecule has 58 heavy (non-hydrogen) atoms. The Morgan fingerprint density at radius 2 is 0.845 bits per heavy atom. The first-order valence-electron chi connectivity index (χ1n) is 19.9. The van der Waals surface area contributed by atoms with Crippen LogP contribution in [0.5, 0.6) is 0 Å². The van der Waals surface area contributed by atoms with Gasteiger partial charge in [-0.3, -0.25) is 0 Å². The molecule has 11 rings (SSSR count). The molecule has 0 radical (unpaired) electrons. The van der Waals surface area contributed by atoms with Crippen molar-refractivity contribution in [1.29, 1.82) is 0 Å². The van der Waals surface area contributed by atoms with Gasteiger partial charge in [0.1, 0.15) is 0 Å². The van der Waals surface area contributed by atoms with Gasteiger partial charge in [0.2, 0.25) is 0 Å². The zero-order valence-corrected chi connectivity index (χ0v) is 31.8. The Morgan fingerprint density at radius 3 is 1.59 bits per heavy atom. The smallest absolute Gasteiger partial charge is 0.0547 e. The molecule has 272 valence electrons. The van der Waals surface area contributed by atoms with E-state index in [1.54, 1.807) is 0 Å². The molecule has 0 saturated carbocycles. The van der Waals surface area contributed by atoms with Gasteiger partial charge in [0.25, 0.3) is 0 Å². The van der Waals surface area contributed by atoms with Crippen molar-refractivity contribution in [3.63, 3.8) is 0 Å². The van der Waals surface area contributed by atoms with Crippen LogP contribution in [0.3, 0.4) is 0 Å². The third-order valence-corrected chi connectivity index (χ3v) is 11.5. The Morgan fingerprint density at radius 1 is 0.293 bits per heavy atom. The Hall–Kier alpha value is -7.68. The molecule has 0 spiro atoms. The maximum atomic E-state index is 2.43. The molecule has 0 aliphatic rings. The summed E-state index contributed by atoms with van der Waals surface area (Å²) < 4.78 is 2.42. The molecule has 0 atom stereocenters. The summed E-state index contributed by atoms with van der Waals surface area (Å²) in [5, 5.41) is 7.44. The number of fused-ring (bicyclic) bond motifs is 6. The summed E-state index contributed by atoms with van der Waals surface area (Å²) in [4.78, 5) is 2.43. The van der Waals surface area contributed by atoms with Crippen LogP contribution < -0.4 is 4.90 Å². The first-order chi connectivity index (χ1) is 28.8. The highest BCUT2D eigenvalue weighted by atomic mass is 15.1. The Labute approximate surface area is 338 Å². The van der Waals surface area contributed by atoms with E-state index in [-0.39, 0.29) is 0 Å². The van der Waals surface area contributed by atoms with E-state index in [1.165, 1.54) is 71.2 Å². The van der Waals surface area contributed by atoms with E-state index in [0.717, 1.165) is 28.3 Å². The zero-order chi connectivity index (χ0) is 38.4. The topological polar surface area (TPSA) is 8.17 Å². The monoisotopic (exact) mass is 738 g/mol. The molecular formula is C56H38N2. The van der Waals surface area contributed by atoms with Crippen molar-refractivity contribution < 1.29 is 0 Å². The van der Waals surface area contributed by atoms with E-state index in [9.17, 15) is 0 Å². The van der Waals surface area contributed by atoms with Crippen molar-refractivity contribution in [2.45, 2.75) is 0 Å². The Kier molecular flexibility index (Phi) is 8.19. The highest BCUT2D eigenvalue weighted by molar-refractivity contribution is 6.25. The van der Waals surface area contributed by atoms with Gasteiger partial charge in [0.05, 0.1) is 11.0 Å². The minimum atomic E-state index is 1.09. The van der Waals surface area contributed by atoms with Gasteiger partial charge in [-0.05, 0) is 122 Å². The molecule has 1 aromatic heterocycles. The summed E-state index contributed by atoms with van der Waals surface area (Å²) in [6, 6.07) is 83.8. The van der Waals surface area contributed by atoms with Crippen molar-refractivity contribution >= 4 is 60.4 Å². The fourth-order valence-corrected chi connectivity index (χ4v) is 8.83. The zero-order valence-electron chi connectivity index (χ0n) is 31.8. The third kappa shape index (κ3) is 5.82. The number of nitrogens with zero attached hydrogens (tertiary/aromatic N) is 2. The van der Waals surface area contributed by atoms with Crippen LogP contribution in [0.25, 0.3) is 82.4 Å². The van der Waals surface area contributed by atoms with Crippen molar-refractivity contribution in [1.82, 2.24) is 4.57 Å². The molecule has 2 nitrogen and oxygen atoms in total. The van der Waals surface area contributed by atoms with Crippen molar-refractivity contribution in [3.05, 3.63) is 231 Å². The second-order valence-electron chi connectivity index (χ2n) is 15.0. The summed E-state index contributed by atoms with van der Waals surface area (Å²) >= 11 is 0. The first-order valence-corrected chi connectivity index (χ1v) is 19.9. The number of aromatic nitrogens is 1. The van der Waals surface area contributed by atoms with Crippen LogP contribution in [0, 0.1) is 0 Å². The van der Waals surface area contributed by atoms with Gasteiger partial charge < -0.3 is 9.47 Å². The SMILES string of the molecule is c1ccc(-c2cc(-c3ccccc3)cc(N(c3cccc(-c4cccc5c4c4c6ccccc6ccc4n5-c4ccccc4)c3)c3ccc4ccccc4c3)c2)cc1. The molecule has 0 unspecified atom stereocenters. The summed E-state index contributed by atoms with van der Waals surface area (Å²) in [6.07, 6.45) is 0. The maximum absolute atomic E-state index is 2.43. The van der Waals surface area contributed by atoms with Gasteiger partial charge in [-0.15, -0.1) is 0 Å². The largest absolute Gasteiger partial charge is 0.310 e. The Balaban J connectivity index is 1.17. The van der Waals surface area contributed by atoms with Crippen molar-refractivity contribution in [3.8, 4) is 39.1 Å². The highest BCUT2D eigenvalue weighted by Crippen LogP contribution is 2.45.